The van der Waals surface area contributed by atoms with Gasteiger partial charge in [0.05, 0.1) is 13.4 Å². The number of benzene rings is 2. The summed E-state index contributed by atoms with van der Waals surface area (Å²) in [5.41, 5.74) is 1.39. The zero-order chi connectivity index (χ0) is 22.8. The highest BCUT2D eigenvalue weighted by Gasteiger charge is 2.22. The van der Waals surface area contributed by atoms with Crippen molar-refractivity contribution in [1.82, 2.24) is 16.0 Å². The zero-order valence-corrected chi connectivity index (χ0v) is 17.7. The molecule has 1 aromatic heterocycles. The number of rotatable bonds is 10. The van der Waals surface area contributed by atoms with E-state index in [0.717, 1.165) is 5.56 Å². The molecule has 0 aliphatic heterocycles. The molecule has 3 aromatic rings. The predicted octanol–water partition coefficient (Wildman–Crippen LogP) is 2.18. The third-order valence-electron chi connectivity index (χ3n) is 4.71. The van der Waals surface area contributed by atoms with Gasteiger partial charge in [0, 0.05) is 25.1 Å². The maximum absolute atomic E-state index is 12.8. The van der Waals surface area contributed by atoms with Crippen LogP contribution in [0.5, 0.6) is 5.75 Å². The van der Waals surface area contributed by atoms with Gasteiger partial charge in [-0.15, -0.1) is 0 Å². The van der Waals surface area contributed by atoms with E-state index < -0.39 is 11.9 Å². The van der Waals surface area contributed by atoms with Crippen LogP contribution in [0.25, 0.3) is 0 Å². The van der Waals surface area contributed by atoms with Gasteiger partial charge in [0.1, 0.15) is 11.8 Å². The molecule has 0 aliphatic rings. The molecule has 3 rings (SSSR count). The molecule has 3 N–H and O–H groups in total. The molecule has 166 valence electrons. The zero-order valence-electron chi connectivity index (χ0n) is 17.7. The lowest BCUT2D eigenvalue weighted by molar-refractivity contribution is -0.122. The molecule has 0 saturated carbocycles. The van der Waals surface area contributed by atoms with Gasteiger partial charge in [-0.3, -0.25) is 14.4 Å². The van der Waals surface area contributed by atoms with Crippen molar-refractivity contribution < 1.29 is 23.5 Å². The lowest BCUT2D eigenvalue weighted by Crippen LogP contribution is -2.49. The number of hydrogen-bond acceptors (Lipinski definition) is 5. The number of carbonyl (C=O) groups excluding carboxylic acids is 3. The highest BCUT2D eigenvalue weighted by atomic mass is 16.5. The molecule has 0 aliphatic carbocycles. The van der Waals surface area contributed by atoms with E-state index in [1.54, 1.807) is 37.4 Å². The van der Waals surface area contributed by atoms with Crippen molar-refractivity contribution in [3.8, 4) is 5.75 Å². The first-order valence-electron chi connectivity index (χ1n) is 10.1. The number of nitrogens with one attached hydrogen (secondary N) is 3. The average Bonchev–Trinajstić information content (AvgIpc) is 3.37. The van der Waals surface area contributed by atoms with Gasteiger partial charge in [0.2, 0.25) is 5.91 Å². The van der Waals surface area contributed by atoms with Crippen LogP contribution in [0.2, 0.25) is 0 Å². The molecule has 8 heteroatoms. The summed E-state index contributed by atoms with van der Waals surface area (Å²) >= 11 is 0. The second-order valence-electron chi connectivity index (χ2n) is 6.97. The van der Waals surface area contributed by atoms with Crippen LogP contribution in [-0.2, 0) is 11.2 Å². The van der Waals surface area contributed by atoms with Crippen molar-refractivity contribution in [1.29, 1.82) is 0 Å². The third kappa shape index (κ3) is 6.46. The maximum atomic E-state index is 12.8. The topological polar surface area (TPSA) is 110 Å². The number of methoxy groups -OCH3 is 1. The Morgan fingerprint density at radius 2 is 1.59 bits per heavy atom. The van der Waals surface area contributed by atoms with Crippen molar-refractivity contribution in [2.24, 2.45) is 0 Å². The largest absolute Gasteiger partial charge is 0.497 e. The summed E-state index contributed by atoms with van der Waals surface area (Å²) in [6.45, 7) is 0.448. The van der Waals surface area contributed by atoms with E-state index in [1.807, 2.05) is 30.3 Å². The molecule has 0 saturated heterocycles. The van der Waals surface area contributed by atoms with Crippen molar-refractivity contribution in [2.75, 3.05) is 20.2 Å². The molecular formula is C24H25N3O5. The number of ether oxygens (including phenoxy) is 1. The molecule has 0 fully saturated rings. The van der Waals surface area contributed by atoms with Gasteiger partial charge in [-0.05, 0) is 42.0 Å². The van der Waals surface area contributed by atoms with Gasteiger partial charge in [-0.25, -0.2) is 0 Å². The van der Waals surface area contributed by atoms with E-state index in [4.69, 9.17) is 9.15 Å². The Hall–Kier alpha value is -4.07. The highest BCUT2D eigenvalue weighted by molar-refractivity contribution is 5.96. The van der Waals surface area contributed by atoms with Crippen LogP contribution in [0.1, 0.15) is 26.5 Å². The Balaban J connectivity index is 1.53. The van der Waals surface area contributed by atoms with E-state index in [0.29, 0.717) is 17.7 Å². The number of amides is 3. The fourth-order valence-electron chi connectivity index (χ4n) is 3.03. The number of furan rings is 1. The quantitative estimate of drug-likeness (QED) is 0.423. The fraction of sp³-hybridized carbons (Fsp3) is 0.208. The van der Waals surface area contributed by atoms with Gasteiger partial charge in [-0.1, -0.05) is 30.3 Å². The van der Waals surface area contributed by atoms with Crippen LogP contribution in [0, 0.1) is 0 Å². The van der Waals surface area contributed by atoms with Gasteiger partial charge >= 0.3 is 0 Å². The summed E-state index contributed by atoms with van der Waals surface area (Å²) in [4.78, 5) is 37.3. The molecule has 2 aromatic carbocycles. The Kier molecular flexibility index (Phi) is 8.02. The minimum absolute atomic E-state index is 0.127. The first-order chi connectivity index (χ1) is 15.6. The SMILES string of the molecule is COc1ccc(C(=O)NCCNC(=O)C(Cc2ccccc2)NC(=O)c2ccco2)cc1. The Morgan fingerprint density at radius 1 is 0.875 bits per heavy atom. The Morgan fingerprint density at radius 3 is 2.25 bits per heavy atom. The minimum atomic E-state index is -0.799. The molecule has 0 radical (unpaired) electrons. The van der Waals surface area contributed by atoms with Crippen molar-refractivity contribution >= 4 is 17.7 Å². The second kappa shape index (κ2) is 11.4. The van der Waals surface area contributed by atoms with Gasteiger partial charge < -0.3 is 25.1 Å². The summed E-state index contributed by atoms with van der Waals surface area (Å²) in [5.74, 6) is -0.294. The van der Waals surface area contributed by atoms with Gasteiger partial charge in [0.15, 0.2) is 5.76 Å². The third-order valence-corrected chi connectivity index (χ3v) is 4.71. The normalized spacial score (nSPS) is 11.3. The van der Waals surface area contributed by atoms with E-state index >= 15 is 0 Å². The number of hydrogen-bond donors (Lipinski definition) is 3. The van der Waals surface area contributed by atoms with Gasteiger partial charge in [-0.2, -0.15) is 0 Å². The minimum Gasteiger partial charge on any atom is -0.497 e. The smallest absolute Gasteiger partial charge is 0.287 e. The molecule has 32 heavy (non-hydrogen) atoms. The Labute approximate surface area is 186 Å². The summed E-state index contributed by atoms with van der Waals surface area (Å²) in [6, 6.07) is 18.4. The summed E-state index contributed by atoms with van der Waals surface area (Å²) in [6.07, 6.45) is 1.71. The fourth-order valence-corrected chi connectivity index (χ4v) is 3.03. The lowest BCUT2D eigenvalue weighted by atomic mass is 10.1. The molecule has 1 heterocycles. The number of carbonyl (C=O) groups is 3. The van der Waals surface area contributed by atoms with Crippen LogP contribution in [0.4, 0.5) is 0 Å². The van der Waals surface area contributed by atoms with Crippen LogP contribution in [0.3, 0.4) is 0 Å². The standard InChI is InChI=1S/C24H25N3O5/c1-31-19-11-9-18(10-12-19)22(28)25-13-14-26-23(29)20(16-17-6-3-2-4-7-17)27-24(30)21-8-5-15-32-21/h2-12,15,20H,13-14,16H2,1H3,(H,25,28)(H,26,29)(H,27,30). The van der Waals surface area contributed by atoms with E-state index in [2.05, 4.69) is 16.0 Å². The summed E-state index contributed by atoms with van der Waals surface area (Å²) in [7, 11) is 1.56. The molecule has 0 spiro atoms. The molecule has 8 nitrogen and oxygen atoms in total. The predicted molar refractivity (Wildman–Crippen MR) is 118 cm³/mol. The molecule has 1 atom stereocenters. The van der Waals surface area contributed by atoms with Crippen LogP contribution < -0.4 is 20.7 Å². The van der Waals surface area contributed by atoms with Crippen molar-refractivity contribution in [3.63, 3.8) is 0 Å². The molecule has 0 bridgehead atoms. The van der Waals surface area contributed by atoms with Gasteiger partial charge in [0.25, 0.3) is 11.8 Å². The van der Waals surface area contributed by atoms with Crippen LogP contribution in [0.15, 0.2) is 77.4 Å². The van der Waals surface area contributed by atoms with Crippen LogP contribution in [-0.4, -0.2) is 44.0 Å². The van der Waals surface area contributed by atoms with Crippen LogP contribution >= 0.6 is 0 Å². The van der Waals surface area contributed by atoms with E-state index in [9.17, 15) is 14.4 Å². The maximum Gasteiger partial charge on any atom is 0.287 e. The average molecular weight is 435 g/mol. The molecule has 3 amide bonds. The summed E-state index contributed by atoms with van der Waals surface area (Å²) < 4.78 is 10.2. The monoisotopic (exact) mass is 435 g/mol. The lowest BCUT2D eigenvalue weighted by Gasteiger charge is -2.18. The first-order valence-corrected chi connectivity index (χ1v) is 10.1. The molecule has 1 unspecified atom stereocenters. The van der Waals surface area contributed by atoms with Crippen molar-refractivity contribution in [3.05, 3.63) is 89.9 Å². The van der Waals surface area contributed by atoms with E-state index in [-0.39, 0.29) is 30.7 Å². The van der Waals surface area contributed by atoms with Crippen molar-refractivity contribution in [2.45, 2.75) is 12.5 Å². The summed E-state index contributed by atoms with van der Waals surface area (Å²) in [5, 5.41) is 8.22. The Bertz CT molecular complexity index is 1020. The highest BCUT2D eigenvalue weighted by Crippen LogP contribution is 2.11. The first kappa shape index (κ1) is 22.6. The molecular weight excluding hydrogens is 410 g/mol. The second-order valence-corrected chi connectivity index (χ2v) is 6.97. The van der Waals surface area contributed by atoms with E-state index in [1.165, 1.54) is 12.3 Å².